The Morgan fingerprint density at radius 2 is 1.86 bits per heavy atom. The summed E-state index contributed by atoms with van der Waals surface area (Å²) in [5.74, 6) is 0.827. The molecule has 2 aromatic rings. The third kappa shape index (κ3) is 3.45. The lowest BCUT2D eigenvalue weighted by Crippen LogP contribution is -2.41. The van der Waals surface area contributed by atoms with Crippen LogP contribution in [0.4, 0.5) is 0 Å². The third-order valence-corrected chi connectivity index (χ3v) is 4.22. The van der Waals surface area contributed by atoms with Crippen LogP contribution in [0.1, 0.15) is 24.1 Å². The van der Waals surface area contributed by atoms with E-state index in [2.05, 4.69) is 50.9 Å². The van der Waals surface area contributed by atoms with E-state index in [1.54, 1.807) is 7.05 Å². The molecule has 114 valence electrons. The van der Waals surface area contributed by atoms with Gasteiger partial charge in [-0.1, -0.05) is 36.4 Å². The third-order valence-electron chi connectivity index (χ3n) is 4.22. The summed E-state index contributed by atoms with van der Waals surface area (Å²) in [4.78, 5) is 8.60. The van der Waals surface area contributed by atoms with Crippen molar-refractivity contribution >= 4 is 5.96 Å². The van der Waals surface area contributed by atoms with Gasteiger partial charge < -0.3 is 10.6 Å². The van der Waals surface area contributed by atoms with Crippen molar-refractivity contribution < 1.29 is 0 Å². The number of pyridine rings is 1. The summed E-state index contributed by atoms with van der Waals surface area (Å²) >= 11 is 0. The molecule has 0 spiro atoms. The van der Waals surface area contributed by atoms with Crippen LogP contribution in [0.25, 0.3) is 0 Å². The van der Waals surface area contributed by atoms with Gasteiger partial charge in [-0.3, -0.25) is 9.98 Å². The predicted molar refractivity (Wildman–Crippen MR) is 89.8 cm³/mol. The average Bonchev–Trinajstić information content (AvgIpc) is 3.38. The molecule has 0 radical (unpaired) electrons. The molecule has 0 amide bonds. The molecule has 0 saturated heterocycles. The predicted octanol–water partition coefficient (Wildman–Crippen LogP) is 2.48. The normalized spacial score (nSPS) is 16.1. The zero-order valence-corrected chi connectivity index (χ0v) is 12.9. The lowest BCUT2D eigenvalue weighted by Gasteiger charge is -2.19. The maximum atomic E-state index is 4.31. The van der Waals surface area contributed by atoms with Crippen LogP contribution in [0.5, 0.6) is 0 Å². The van der Waals surface area contributed by atoms with E-state index in [4.69, 9.17) is 0 Å². The maximum absolute atomic E-state index is 4.31. The van der Waals surface area contributed by atoms with Crippen molar-refractivity contribution in [2.75, 3.05) is 13.6 Å². The minimum atomic E-state index is 0.282. The molecule has 1 aliphatic carbocycles. The van der Waals surface area contributed by atoms with Crippen LogP contribution >= 0.6 is 0 Å². The van der Waals surface area contributed by atoms with Crippen LogP contribution in [-0.2, 0) is 12.0 Å². The minimum Gasteiger partial charge on any atom is -0.356 e. The standard InChI is InChI=1S/C18H22N4/c1-19-17(21-13-16-9-5-6-12-20-16)22-14-18(10-11-18)15-7-3-2-4-8-15/h2-9,12H,10-11,13-14H2,1H3,(H2,19,21,22). The molecule has 0 aliphatic heterocycles. The first-order valence-corrected chi connectivity index (χ1v) is 7.72. The van der Waals surface area contributed by atoms with E-state index in [1.807, 2.05) is 24.4 Å². The first kappa shape index (κ1) is 14.6. The van der Waals surface area contributed by atoms with Gasteiger partial charge in [-0.2, -0.15) is 0 Å². The highest BCUT2D eigenvalue weighted by atomic mass is 15.2. The number of nitrogens with zero attached hydrogens (tertiary/aromatic N) is 2. The van der Waals surface area contributed by atoms with E-state index in [0.29, 0.717) is 6.54 Å². The van der Waals surface area contributed by atoms with Crippen LogP contribution in [-0.4, -0.2) is 24.5 Å². The summed E-state index contributed by atoms with van der Waals surface area (Å²) in [6.45, 7) is 1.59. The van der Waals surface area contributed by atoms with Crippen LogP contribution < -0.4 is 10.6 Å². The van der Waals surface area contributed by atoms with Gasteiger partial charge in [0.2, 0.25) is 0 Å². The molecule has 22 heavy (non-hydrogen) atoms. The SMILES string of the molecule is CN=C(NCc1ccccn1)NCC1(c2ccccc2)CC1. The van der Waals surface area contributed by atoms with Gasteiger partial charge in [-0.25, -0.2) is 0 Å². The van der Waals surface area contributed by atoms with Crippen molar-refractivity contribution in [2.45, 2.75) is 24.8 Å². The molecule has 1 aliphatic rings. The number of guanidine groups is 1. The molecule has 0 unspecified atom stereocenters. The zero-order chi connectivity index (χ0) is 15.3. The van der Waals surface area contributed by atoms with E-state index in [-0.39, 0.29) is 5.41 Å². The molecule has 2 N–H and O–H groups in total. The van der Waals surface area contributed by atoms with Crippen LogP contribution in [0.3, 0.4) is 0 Å². The smallest absolute Gasteiger partial charge is 0.191 e. The van der Waals surface area contributed by atoms with Crippen molar-refractivity contribution in [3.05, 3.63) is 66.0 Å². The Hall–Kier alpha value is -2.36. The number of benzene rings is 1. The Balaban J connectivity index is 1.54. The highest BCUT2D eigenvalue weighted by Gasteiger charge is 2.43. The molecular formula is C18H22N4. The summed E-state index contributed by atoms with van der Waals surface area (Å²) in [5.41, 5.74) is 2.71. The van der Waals surface area contributed by atoms with E-state index >= 15 is 0 Å². The van der Waals surface area contributed by atoms with E-state index < -0.39 is 0 Å². The summed E-state index contributed by atoms with van der Waals surface area (Å²) in [6.07, 6.45) is 4.28. The van der Waals surface area contributed by atoms with Crippen molar-refractivity contribution in [2.24, 2.45) is 4.99 Å². The number of rotatable bonds is 5. The maximum Gasteiger partial charge on any atom is 0.191 e. The van der Waals surface area contributed by atoms with Gasteiger partial charge in [0.1, 0.15) is 0 Å². The van der Waals surface area contributed by atoms with Gasteiger partial charge in [0.25, 0.3) is 0 Å². The Morgan fingerprint density at radius 3 is 2.50 bits per heavy atom. The molecule has 4 nitrogen and oxygen atoms in total. The minimum absolute atomic E-state index is 0.282. The van der Waals surface area contributed by atoms with Gasteiger partial charge in [0.05, 0.1) is 12.2 Å². The van der Waals surface area contributed by atoms with Crippen LogP contribution in [0.2, 0.25) is 0 Å². The lowest BCUT2D eigenvalue weighted by atomic mass is 9.96. The second-order valence-electron chi connectivity index (χ2n) is 5.75. The second kappa shape index (κ2) is 6.60. The molecule has 1 heterocycles. The number of hydrogen-bond donors (Lipinski definition) is 2. The Bertz CT molecular complexity index is 618. The van der Waals surface area contributed by atoms with Crippen LogP contribution in [0.15, 0.2) is 59.7 Å². The summed E-state index contributed by atoms with van der Waals surface area (Å²) in [5, 5.41) is 6.77. The summed E-state index contributed by atoms with van der Waals surface area (Å²) < 4.78 is 0. The molecule has 3 rings (SSSR count). The Labute approximate surface area is 131 Å². The molecule has 1 saturated carbocycles. The molecule has 0 atom stereocenters. The van der Waals surface area contributed by atoms with Crippen LogP contribution in [0, 0.1) is 0 Å². The molecular weight excluding hydrogens is 272 g/mol. The Morgan fingerprint density at radius 1 is 1.09 bits per heavy atom. The first-order valence-electron chi connectivity index (χ1n) is 7.72. The van der Waals surface area contributed by atoms with Gasteiger partial charge in [-0.15, -0.1) is 0 Å². The molecule has 1 aromatic heterocycles. The highest BCUT2D eigenvalue weighted by Crippen LogP contribution is 2.47. The van der Waals surface area contributed by atoms with E-state index in [1.165, 1.54) is 18.4 Å². The van der Waals surface area contributed by atoms with Crippen molar-refractivity contribution in [1.29, 1.82) is 0 Å². The van der Waals surface area contributed by atoms with Gasteiger partial charge in [0.15, 0.2) is 5.96 Å². The quantitative estimate of drug-likeness (QED) is 0.658. The second-order valence-corrected chi connectivity index (χ2v) is 5.75. The monoisotopic (exact) mass is 294 g/mol. The Kier molecular flexibility index (Phi) is 4.37. The largest absolute Gasteiger partial charge is 0.356 e. The highest BCUT2D eigenvalue weighted by molar-refractivity contribution is 5.79. The summed E-state index contributed by atoms with van der Waals surface area (Å²) in [6, 6.07) is 16.7. The fourth-order valence-corrected chi connectivity index (χ4v) is 2.66. The molecule has 1 aromatic carbocycles. The van der Waals surface area contributed by atoms with Gasteiger partial charge in [0, 0.05) is 25.2 Å². The van der Waals surface area contributed by atoms with E-state index in [9.17, 15) is 0 Å². The summed E-state index contributed by atoms with van der Waals surface area (Å²) in [7, 11) is 1.80. The lowest BCUT2D eigenvalue weighted by molar-refractivity contribution is 0.644. The molecule has 0 bridgehead atoms. The van der Waals surface area contributed by atoms with Crippen molar-refractivity contribution in [3.8, 4) is 0 Å². The fraction of sp³-hybridized carbons (Fsp3) is 0.333. The number of aliphatic imine (C=N–C) groups is 1. The zero-order valence-electron chi connectivity index (χ0n) is 12.9. The van der Waals surface area contributed by atoms with E-state index in [0.717, 1.165) is 18.2 Å². The van der Waals surface area contributed by atoms with Gasteiger partial charge >= 0.3 is 0 Å². The first-order chi connectivity index (χ1) is 10.8. The van der Waals surface area contributed by atoms with Crippen molar-refractivity contribution in [3.63, 3.8) is 0 Å². The number of aromatic nitrogens is 1. The molecule has 4 heteroatoms. The van der Waals surface area contributed by atoms with Crippen molar-refractivity contribution in [1.82, 2.24) is 15.6 Å². The number of nitrogens with one attached hydrogen (secondary N) is 2. The van der Waals surface area contributed by atoms with Gasteiger partial charge in [-0.05, 0) is 30.5 Å². The topological polar surface area (TPSA) is 49.3 Å². The fourth-order valence-electron chi connectivity index (χ4n) is 2.66. The number of hydrogen-bond acceptors (Lipinski definition) is 2. The average molecular weight is 294 g/mol. The molecule has 1 fully saturated rings.